The molecule has 0 aliphatic carbocycles. The van der Waals surface area contributed by atoms with E-state index < -0.39 is 67.4 Å². The number of rotatable bonds is 49. The molecular formula is C63H109NO10. The molecule has 0 bridgehead atoms. The third-order valence-corrected chi connectivity index (χ3v) is 13.5. The van der Waals surface area contributed by atoms with E-state index >= 15 is 0 Å². The fourth-order valence-corrected chi connectivity index (χ4v) is 8.79. The van der Waals surface area contributed by atoms with Crippen molar-refractivity contribution in [2.45, 2.75) is 288 Å². The number of ether oxygens (including phenoxy) is 3. The van der Waals surface area contributed by atoms with Gasteiger partial charge < -0.3 is 45.1 Å². The summed E-state index contributed by atoms with van der Waals surface area (Å²) < 4.78 is 17.6. The molecule has 8 unspecified atom stereocenters. The minimum absolute atomic E-state index is 0.0805. The van der Waals surface area contributed by atoms with Gasteiger partial charge in [-0.05, 0) is 96.3 Å². The molecule has 0 radical (unpaired) electrons. The summed E-state index contributed by atoms with van der Waals surface area (Å²) in [6.07, 6.45) is 54.7. The summed E-state index contributed by atoms with van der Waals surface area (Å²) in [5.41, 5.74) is 0. The van der Waals surface area contributed by atoms with Gasteiger partial charge in [0.05, 0.1) is 25.4 Å². The van der Waals surface area contributed by atoms with Crippen LogP contribution in [-0.4, -0.2) is 99.6 Å². The van der Waals surface area contributed by atoms with Crippen LogP contribution in [0.2, 0.25) is 0 Å². The van der Waals surface area contributed by atoms with Crippen molar-refractivity contribution in [2.75, 3.05) is 13.2 Å². The van der Waals surface area contributed by atoms with Crippen molar-refractivity contribution in [3.05, 3.63) is 85.1 Å². The quantitative estimate of drug-likeness (QED) is 0.0195. The van der Waals surface area contributed by atoms with Crippen LogP contribution in [0.15, 0.2) is 85.1 Å². The maximum absolute atomic E-state index is 13.4. The maximum Gasteiger partial charge on any atom is 0.306 e. The molecule has 426 valence electrons. The van der Waals surface area contributed by atoms with E-state index in [2.05, 4.69) is 99.0 Å². The van der Waals surface area contributed by atoms with Gasteiger partial charge in [0.25, 0.3) is 0 Å². The second-order valence-electron chi connectivity index (χ2n) is 20.3. The Kier molecular flexibility index (Phi) is 47.1. The summed E-state index contributed by atoms with van der Waals surface area (Å²) in [6, 6.07) is -1.04. The third kappa shape index (κ3) is 38.4. The first-order valence-corrected chi connectivity index (χ1v) is 29.9. The van der Waals surface area contributed by atoms with Crippen LogP contribution >= 0.6 is 0 Å². The summed E-state index contributed by atoms with van der Waals surface area (Å²) in [5, 5.41) is 56.9. The van der Waals surface area contributed by atoms with Crippen molar-refractivity contribution in [3.63, 3.8) is 0 Å². The number of carbonyl (C=O) groups is 2. The zero-order valence-corrected chi connectivity index (χ0v) is 46.9. The molecule has 0 spiro atoms. The van der Waals surface area contributed by atoms with E-state index in [-0.39, 0.29) is 19.4 Å². The molecule has 1 heterocycles. The standard InChI is InChI=1S/C63H109NO10/c1-4-7-10-13-16-19-22-25-27-28-29-30-31-33-36-39-42-45-48-51-58(68)74-61-60(70)59(69)57(52-65)73-63(61)72-53-54(55(66)49-46-43-40-37-34-24-21-18-15-12-9-6-3)64-62(71)56(67)50-47-44-41-38-35-32-26-23-20-17-14-11-8-5-2/h7,10,16,19-20,23,25,27,29-30,33,36,46,49,54-57,59-61,63,65-67,69-70H,4-6,8-9,11-15,17-18,21-22,24,26,28,31-32,34-35,37-45,47-48,50-53H2,1-3H3,(H,64,71)/b10-7-,19-16-,23-20-,27-25-,30-29-,36-33-,49-46+. The Morgan fingerprint density at radius 1 is 0.541 bits per heavy atom. The highest BCUT2D eigenvalue weighted by atomic mass is 16.7. The van der Waals surface area contributed by atoms with Gasteiger partial charge in [0.15, 0.2) is 12.4 Å². The predicted octanol–water partition coefficient (Wildman–Crippen LogP) is 13.8. The van der Waals surface area contributed by atoms with Gasteiger partial charge in [0.2, 0.25) is 5.91 Å². The van der Waals surface area contributed by atoms with Gasteiger partial charge in [0, 0.05) is 6.42 Å². The van der Waals surface area contributed by atoms with E-state index in [1.807, 2.05) is 6.08 Å². The average Bonchev–Trinajstić information content (AvgIpc) is 3.40. The molecule has 0 saturated carbocycles. The number of aliphatic hydroxyl groups excluding tert-OH is 5. The van der Waals surface area contributed by atoms with E-state index in [0.717, 1.165) is 103 Å². The highest BCUT2D eigenvalue weighted by Crippen LogP contribution is 2.26. The lowest BCUT2D eigenvalue weighted by Gasteiger charge is -2.41. The molecule has 1 amide bonds. The summed E-state index contributed by atoms with van der Waals surface area (Å²) in [4.78, 5) is 26.5. The van der Waals surface area contributed by atoms with Crippen molar-refractivity contribution < 1.29 is 49.3 Å². The second kappa shape index (κ2) is 50.6. The van der Waals surface area contributed by atoms with Gasteiger partial charge in [-0.3, -0.25) is 9.59 Å². The molecule has 1 saturated heterocycles. The molecule has 1 fully saturated rings. The van der Waals surface area contributed by atoms with E-state index in [1.165, 1.54) is 89.9 Å². The van der Waals surface area contributed by atoms with Gasteiger partial charge in [0.1, 0.15) is 24.4 Å². The summed E-state index contributed by atoms with van der Waals surface area (Å²) in [7, 11) is 0. The fourth-order valence-electron chi connectivity index (χ4n) is 8.79. The first kappa shape index (κ1) is 68.9. The number of unbranched alkanes of at least 4 members (excludes halogenated alkanes) is 23. The minimum atomic E-state index is -1.63. The predicted molar refractivity (Wildman–Crippen MR) is 306 cm³/mol. The molecular weight excluding hydrogens is 931 g/mol. The summed E-state index contributed by atoms with van der Waals surface area (Å²) in [6.45, 7) is 5.63. The van der Waals surface area contributed by atoms with Crippen LogP contribution < -0.4 is 5.32 Å². The molecule has 0 aromatic rings. The molecule has 0 aromatic carbocycles. The number of nitrogens with one attached hydrogen (secondary N) is 1. The van der Waals surface area contributed by atoms with E-state index in [1.54, 1.807) is 6.08 Å². The Morgan fingerprint density at radius 3 is 1.49 bits per heavy atom. The van der Waals surface area contributed by atoms with E-state index in [9.17, 15) is 35.1 Å². The lowest BCUT2D eigenvalue weighted by molar-refractivity contribution is -0.305. The van der Waals surface area contributed by atoms with Crippen LogP contribution in [0.4, 0.5) is 0 Å². The van der Waals surface area contributed by atoms with Crippen molar-refractivity contribution in [1.29, 1.82) is 0 Å². The third-order valence-electron chi connectivity index (χ3n) is 13.5. The number of amides is 1. The average molecular weight is 1040 g/mol. The van der Waals surface area contributed by atoms with Crippen molar-refractivity contribution >= 4 is 11.9 Å². The topological polar surface area (TPSA) is 175 Å². The normalized spacial score (nSPS) is 19.9. The van der Waals surface area contributed by atoms with E-state index in [4.69, 9.17) is 14.2 Å². The monoisotopic (exact) mass is 1040 g/mol. The van der Waals surface area contributed by atoms with Crippen LogP contribution in [0, 0.1) is 0 Å². The zero-order valence-electron chi connectivity index (χ0n) is 46.9. The summed E-state index contributed by atoms with van der Waals surface area (Å²) in [5.74, 6) is -1.24. The largest absolute Gasteiger partial charge is 0.454 e. The first-order valence-electron chi connectivity index (χ1n) is 29.9. The van der Waals surface area contributed by atoms with Crippen LogP contribution in [0.25, 0.3) is 0 Å². The first-order chi connectivity index (χ1) is 36.2. The number of aliphatic hydroxyl groups is 5. The van der Waals surface area contributed by atoms with Gasteiger partial charge in [-0.25, -0.2) is 0 Å². The van der Waals surface area contributed by atoms with Crippen LogP contribution in [0.5, 0.6) is 0 Å². The fraction of sp³-hybridized carbons (Fsp3) is 0.746. The van der Waals surface area contributed by atoms with Crippen molar-refractivity contribution in [2.24, 2.45) is 0 Å². The summed E-state index contributed by atoms with van der Waals surface area (Å²) >= 11 is 0. The maximum atomic E-state index is 13.4. The van der Waals surface area contributed by atoms with Crippen LogP contribution in [-0.2, 0) is 23.8 Å². The molecule has 1 aliphatic rings. The molecule has 74 heavy (non-hydrogen) atoms. The number of esters is 1. The van der Waals surface area contributed by atoms with Crippen LogP contribution in [0.3, 0.4) is 0 Å². The lowest BCUT2D eigenvalue weighted by Crippen LogP contribution is -2.61. The molecule has 0 aromatic heterocycles. The number of hydrogen-bond donors (Lipinski definition) is 6. The molecule has 1 rings (SSSR count). The SMILES string of the molecule is CC/C=C\C/C=C\C/C=C\C/C=C\C/C=C\CCCCCC(=O)OC1C(OCC(NC(=O)C(O)CCCCCCCC/C=C\CCCCCC)C(O)/C=C/CCCCCCCCCCCC)OC(CO)C(O)C1O. The molecule has 6 N–H and O–H groups in total. The van der Waals surface area contributed by atoms with Crippen molar-refractivity contribution in [3.8, 4) is 0 Å². The van der Waals surface area contributed by atoms with Gasteiger partial charge in [-0.2, -0.15) is 0 Å². The number of carbonyl (C=O) groups excluding carboxylic acids is 2. The lowest BCUT2D eigenvalue weighted by atomic mass is 9.99. The van der Waals surface area contributed by atoms with Gasteiger partial charge in [-0.15, -0.1) is 0 Å². The Labute approximate surface area is 451 Å². The molecule has 8 atom stereocenters. The Hall–Kier alpha value is -3.16. The molecule has 1 aliphatic heterocycles. The number of hydrogen-bond acceptors (Lipinski definition) is 10. The zero-order chi connectivity index (χ0) is 54.0. The van der Waals surface area contributed by atoms with Crippen molar-refractivity contribution in [1.82, 2.24) is 5.32 Å². The highest BCUT2D eigenvalue weighted by molar-refractivity contribution is 5.80. The smallest absolute Gasteiger partial charge is 0.306 e. The molecule has 11 nitrogen and oxygen atoms in total. The Balaban J connectivity index is 2.73. The highest BCUT2D eigenvalue weighted by Gasteiger charge is 2.47. The molecule has 11 heteroatoms. The number of allylic oxidation sites excluding steroid dienone is 13. The minimum Gasteiger partial charge on any atom is -0.454 e. The second-order valence-corrected chi connectivity index (χ2v) is 20.3. The van der Waals surface area contributed by atoms with Gasteiger partial charge >= 0.3 is 5.97 Å². The van der Waals surface area contributed by atoms with E-state index in [0.29, 0.717) is 12.8 Å². The van der Waals surface area contributed by atoms with Crippen LogP contribution in [0.1, 0.15) is 239 Å². The van der Waals surface area contributed by atoms with Gasteiger partial charge in [-0.1, -0.05) is 221 Å². The Morgan fingerprint density at radius 2 is 0.973 bits per heavy atom. The Bertz CT molecular complexity index is 1520.